The predicted molar refractivity (Wildman–Crippen MR) is 116 cm³/mol. The minimum Gasteiger partial charge on any atom is -0.466 e. The summed E-state index contributed by atoms with van der Waals surface area (Å²) in [6.45, 7) is 3.63. The van der Waals surface area contributed by atoms with Gasteiger partial charge in [0.05, 0.1) is 6.61 Å². The zero-order valence-corrected chi connectivity index (χ0v) is 18.4. The highest BCUT2D eigenvalue weighted by Gasteiger charge is 2.32. The van der Waals surface area contributed by atoms with E-state index in [1.807, 2.05) is 12.1 Å². The standard InChI is InChI=1S/C21H27N5O4S/c1-2-30-18(27)9-4-3-5-11-23-21(29)26-13-7-12-25(26)20(28)17-15-31-19(24-17)16-8-6-10-22-14-16/h6,8,10,14-15H,2-5,7,9,11-13H2,1H3,(H,23,29). The molecule has 0 bridgehead atoms. The fourth-order valence-corrected chi connectivity index (χ4v) is 4.04. The Morgan fingerprint density at radius 2 is 2.03 bits per heavy atom. The number of nitrogens with one attached hydrogen (secondary N) is 1. The molecule has 0 aliphatic carbocycles. The summed E-state index contributed by atoms with van der Waals surface area (Å²) in [6, 6.07) is 3.42. The fraction of sp³-hybridized carbons (Fsp3) is 0.476. The molecule has 1 aliphatic rings. The molecule has 0 saturated carbocycles. The Morgan fingerprint density at radius 1 is 1.19 bits per heavy atom. The molecule has 0 unspecified atom stereocenters. The number of aromatic nitrogens is 2. The Hall–Kier alpha value is -3.01. The number of amides is 3. The third-order valence-electron chi connectivity index (χ3n) is 4.77. The van der Waals surface area contributed by atoms with E-state index in [-0.39, 0.29) is 17.9 Å². The number of esters is 1. The van der Waals surface area contributed by atoms with E-state index in [1.165, 1.54) is 21.4 Å². The maximum absolute atomic E-state index is 12.9. The number of nitrogens with zero attached hydrogens (tertiary/aromatic N) is 4. The minimum absolute atomic E-state index is 0.188. The van der Waals surface area contributed by atoms with Gasteiger partial charge in [0.2, 0.25) is 0 Å². The van der Waals surface area contributed by atoms with E-state index >= 15 is 0 Å². The molecule has 1 aliphatic heterocycles. The highest BCUT2D eigenvalue weighted by atomic mass is 32.1. The van der Waals surface area contributed by atoms with Crippen LogP contribution in [0.15, 0.2) is 29.9 Å². The second-order valence-electron chi connectivity index (χ2n) is 7.03. The summed E-state index contributed by atoms with van der Waals surface area (Å²) in [7, 11) is 0. The molecule has 1 fully saturated rings. The van der Waals surface area contributed by atoms with E-state index in [9.17, 15) is 14.4 Å². The van der Waals surface area contributed by atoms with Gasteiger partial charge in [-0.25, -0.2) is 19.8 Å². The largest absolute Gasteiger partial charge is 0.466 e. The van der Waals surface area contributed by atoms with Crippen molar-refractivity contribution in [2.24, 2.45) is 0 Å². The number of thiazole rings is 1. The van der Waals surface area contributed by atoms with Crippen LogP contribution in [0.3, 0.4) is 0 Å². The van der Waals surface area contributed by atoms with Crippen LogP contribution in [-0.2, 0) is 9.53 Å². The molecule has 0 spiro atoms. The molecule has 0 atom stereocenters. The van der Waals surface area contributed by atoms with Crippen LogP contribution in [0, 0.1) is 0 Å². The number of carbonyl (C=O) groups is 3. The number of hydrazine groups is 1. The van der Waals surface area contributed by atoms with Crippen LogP contribution in [0.2, 0.25) is 0 Å². The maximum Gasteiger partial charge on any atom is 0.336 e. The summed E-state index contributed by atoms with van der Waals surface area (Å²) < 4.78 is 4.89. The molecule has 3 rings (SSSR count). The first-order valence-corrected chi connectivity index (χ1v) is 11.4. The average Bonchev–Trinajstić information content (AvgIpc) is 3.46. The lowest BCUT2D eigenvalue weighted by Gasteiger charge is -2.27. The van der Waals surface area contributed by atoms with E-state index in [0.717, 1.165) is 36.3 Å². The molecule has 31 heavy (non-hydrogen) atoms. The Morgan fingerprint density at radius 3 is 2.81 bits per heavy atom. The summed E-state index contributed by atoms with van der Waals surface area (Å²) in [4.78, 5) is 45.3. The van der Waals surface area contributed by atoms with Crippen LogP contribution in [0.4, 0.5) is 4.79 Å². The van der Waals surface area contributed by atoms with E-state index in [4.69, 9.17) is 4.74 Å². The molecule has 0 radical (unpaired) electrons. The maximum atomic E-state index is 12.9. The highest BCUT2D eigenvalue weighted by Crippen LogP contribution is 2.24. The van der Waals surface area contributed by atoms with Gasteiger partial charge < -0.3 is 10.1 Å². The summed E-state index contributed by atoms with van der Waals surface area (Å²) in [5.74, 6) is -0.472. The highest BCUT2D eigenvalue weighted by molar-refractivity contribution is 7.13. The van der Waals surface area contributed by atoms with Gasteiger partial charge in [0.25, 0.3) is 5.91 Å². The summed E-state index contributed by atoms with van der Waals surface area (Å²) in [6.07, 6.45) is 6.81. The quantitative estimate of drug-likeness (QED) is 0.470. The third kappa shape index (κ3) is 6.24. The van der Waals surface area contributed by atoms with E-state index in [2.05, 4.69) is 15.3 Å². The van der Waals surface area contributed by atoms with Gasteiger partial charge >= 0.3 is 12.0 Å². The van der Waals surface area contributed by atoms with Gasteiger partial charge in [-0.2, -0.15) is 0 Å². The van der Waals surface area contributed by atoms with Crippen molar-refractivity contribution in [3.8, 4) is 10.6 Å². The molecule has 3 amide bonds. The van der Waals surface area contributed by atoms with Crippen molar-refractivity contribution in [3.05, 3.63) is 35.6 Å². The molecular weight excluding hydrogens is 418 g/mol. The molecule has 1 N–H and O–H groups in total. The fourth-order valence-electron chi connectivity index (χ4n) is 3.25. The first-order valence-electron chi connectivity index (χ1n) is 10.5. The molecule has 3 heterocycles. The van der Waals surface area contributed by atoms with Crippen molar-refractivity contribution >= 4 is 29.2 Å². The normalized spacial score (nSPS) is 13.3. The van der Waals surface area contributed by atoms with Crippen LogP contribution in [0.25, 0.3) is 10.6 Å². The second kappa shape index (κ2) is 11.4. The zero-order chi connectivity index (χ0) is 22.1. The van der Waals surface area contributed by atoms with Crippen molar-refractivity contribution in [2.45, 2.75) is 39.0 Å². The van der Waals surface area contributed by atoms with Crippen LogP contribution >= 0.6 is 11.3 Å². The number of hydrogen-bond acceptors (Lipinski definition) is 7. The Balaban J connectivity index is 1.47. The number of unbranched alkanes of at least 4 members (excludes halogenated alkanes) is 2. The topological polar surface area (TPSA) is 105 Å². The van der Waals surface area contributed by atoms with Gasteiger partial charge in [-0.15, -0.1) is 11.3 Å². The molecule has 2 aromatic heterocycles. The van der Waals surface area contributed by atoms with Gasteiger partial charge in [-0.1, -0.05) is 6.42 Å². The van der Waals surface area contributed by atoms with Gasteiger partial charge in [-0.3, -0.25) is 14.6 Å². The SMILES string of the molecule is CCOC(=O)CCCCCNC(=O)N1CCCN1C(=O)c1csc(-c2cccnc2)n1. The average molecular weight is 446 g/mol. The number of ether oxygens (including phenoxy) is 1. The monoisotopic (exact) mass is 445 g/mol. The number of rotatable bonds is 9. The molecule has 1 saturated heterocycles. The van der Waals surface area contributed by atoms with Crippen LogP contribution in [0.5, 0.6) is 0 Å². The van der Waals surface area contributed by atoms with Crippen molar-refractivity contribution in [1.82, 2.24) is 25.3 Å². The van der Waals surface area contributed by atoms with E-state index < -0.39 is 0 Å². The Bertz CT molecular complexity index is 889. The van der Waals surface area contributed by atoms with Gasteiger partial charge in [0.1, 0.15) is 10.7 Å². The third-order valence-corrected chi connectivity index (χ3v) is 5.66. The molecule has 10 heteroatoms. The minimum atomic E-state index is -0.293. The molecule has 166 valence electrons. The van der Waals surface area contributed by atoms with Crippen molar-refractivity contribution < 1.29 is 19.1 Å². The smallest absolute Gasteiger partial charge is 0.336 e. The van der Waals surface area contributed by atoms with Gasteiger partial charge in [0.15, 0.2) is 0 Å². The van der Waals surface area contributed by atoms with Gasteiger partial charge in [-0.05, 0) is 38.3 Å². The zero-order valence-electron chi connectivity index (χ0n) is 17.6. The van der Waals surface area contributed by atoms with Gasteiger partial charge in [0, 0.05) is 49.4 Å². The molecule has 0 aromatic carbocycles. The van der Waals surface area contributed by atoms with Crippen molar-refractivity contribution in [3.63, 3.8) is 0 Å². The lowest BCUT2D eigenvalue weighted by Crippen LogP contribution is -2.49. The molecule has 9 nitrogen and oxygen atoms in total. The summed E-state index contributed by atoms with van der Waals surface area (Å²) in [5.41, 5.74) is 1.17. The van der Waals surface area contributed by atoms with E-state index in [1.54, 1.807) is 24.7 Å². The number of urea groups is 1. The predicted octanol–water partition coefficient (Wildman–Crippen LogP) is 3.10. The first-order chi connectivity index (χ1) is 15.1. The Kier molecular flexibility index (Phi) is 8.34. The van der Waals surface area contributed by atoms with Crippen LogP contribution < -0.4 is 5.32 Å². The number of hydrogen-bond donors (Lipinski definition) is 1. The van der Waals surface area contributed by atoms with Crippen molar-refractivity contribution in [1.29, 1.82) is 0 Å². The summed E-state index contributed by atoms with van der Waals surface area (Å²) in [5, 5.41) is 8.19. The Labute approximate surface area is 185 Å². The number of pyridine rings is 1. The lowest BCUT2D eigenvalue weighted by atomic mass is 10.2. The van der Waals surface area contributed by atoms with Crippen molar-refractivity contribution in [2.75, 3.05) is 26.2 Å². The first kappa shape index (κ1) is 22.7. The van der Waals surface area contributed by atoms with Crippen LogP contribution in [-0.4, -0.2) is 64.1 Å². The summed E-state index contributed by atoms with van der Waals surface area (Å²) >= 11 is 1.38. The van der Waals surface area contributed by atoms with Crippen LogP contribution in [0.1, 0.15) is 49.5 Å². The van der Waals surface area contributed by atoms with E-state index in [0.29, 0.717) is 38.4 Å². The molecule has 2 aromatic rings. The molecular formula is C21H27N5O4S. The number of carbonyl (C=O) groups excluding carboxylic acids is 3. The lowest BCUT2D eigenvalue weighted by molar-refractivity contribution is -0.143. The second-order valence-corrected chi connectivity index (χ2v) is 7.89.